The minimum Gasteiger partial charge on any atom is -0.381 e. The number of nitrogens with one attached hydrogen (secondary N) is 3. The van der Waals surface area contributed by atoms with Gasteiger partial charge in [0.25, 0.3) is 11.8 Å². The van der Waals surface area contributed by atoms with Crippen LogP contribution in [0.1, 0.15) is 70.2 Å². The molecule has 0 aliphatic carbocycles. The summed E-state index contributed by atoms with van der Waals surface area (Å²) in [6.45, 7) is 16.1. The van der Waals surface area contributed by atoms with Crippen molar-refractivity contribution in [3.8, 4) is 11.1 Å². The number of piperazine rings is 1. The number of rotatable bonds is 15. The molecule has 1 aromatic carbocycles. The molecule has 1 atom stereocenters. The first-order chi connectivity index (χ1) is 26.5. The van der Waals surface area contributed by atoms with Gasteiger partial charge in [0.1, 0.15) is 5.82 Å². The molecule has 2 fully saturated rings. The van der Waals surface area contributed by atoms with Gasteiger partial charge in [-0.25, -0.2) is 15.4 Å². The number of aliphatic imine (C=N–C) groups is 1. The molecule has 0 radical (unpaired) electrons. The van der Waals surface area contributed by atoms with E-state index >= 15 is 0 Å². The molecule has 0 saturated carbocycles. The summed E-state index contributed by atoms with van der Waals surface area (Å²) in [6, 6.07) is 7.59. The number of hydrazone groups is 1. The lowest BCUT2D eigenvalue weighted by molar-refractivity contribution is -0.121. The lowest BCUT2D eigenvalue weighted by Gasteiger charge is -2.38. The molecule has 0 bridgehead atoms. The van der Waals surface area contributed by atoms with E-state index in [1.165, 1.54) is 0 Å². The summed E-state index contributed by atoms with van der Waals surface area (Å²) in [6.07, 6.45) is 7.87. The van der Waals surface area contributed by atoms with Gasteiger partial charge in [-0.1, -0.05) is 25.5 Å². The molecule has 14 heteroatoms. The molecule has 55 heavy (non-hydrogen) atoms. The summed E-state index contributed by atoms with van der Waals surface area (Å²) < 4.78 is 5.71. The van der Waals surface area contributed by atoms with Crippen molar-refractivity contribution in [3.63, 3.8) is 0 Å². The minimum atomic E-state index is -0.598. The zero-order chi connectivity index (χ0) is 39.5. The van der Waals surface area contributed by atoms with Crippen LogP contribution in [0.2, 0.25) is 0 Å². The first-order valence-electron chi connectivity index (χ1n) is 19.2. The zero-order valence-corrected chi connectivity index (χ0v) is 32.8. The van der Waals surface area contributed by atoms with Crippen LogP contribution < -0.4 is 25.9 Å². The lowest BCUT2D eigenvalue weighted by atomic mass is 9.91. The number of aromatic nitrogens is 1. The van der Waals surface area contributed by atoms with Crippen molar-refractivity contribution in [1.29, 1.82) is 0 Å². The number of carbonyl (C=O) groups excluding carboxylic acids is 4. The lowest BCUT2D eigenvalue weighted by Crippen LogP contribution is -2.44. The Hall–Kier alpha value is -5.21. The standard InChI is InChI=1S/C41H55N9O5/c1-7-9-29-22-28(5)44-41(54)34(29)26-43-40(53)33-23-31(30-10-11-36(42-25-30)49-18-16-48(6)17-19-49)24-35(39(33)45-37(51)8-2)50(32-13-20-55-21-14-32)15-12-38(52)47-46-27(3)4/h8,10-11,22-25,32,34H,2,7,9,12-21,26H2,1,3-6H3,(H,43,53)(H,45,51)(H,47,52). The van der Waals surface area contributed by atoms with Gasteiger partial charge in [0, 0.05) is 88.1 Å². The summed E-state index contributed by atoms with van der Waals surface area (Å²) in [5.41, 5.74) is 7.40. The van der Waals surface area contributed by atoms with E-state index in [2.05, 4.69) is 54.5 Å². The quantitative estimate of drug-likeness (QED) is 0.134. The molecule has 2 aromatic rings. The van der Waals surface area contributed by atoms with Gasteiger partial charge in [0.2, 0.25) is 11.8 Å². The van der Waals surface area contributed by atoms with E-state index in [-0.39, 0.29) is 48.6 Å². The number of benzene rings is 1. The third-order valence-corrected chi connectivity index (χ3v) is 10.1. The van der Waals surface area contributed by atoms with Crippen LogP contribution in [-0.2, 0) is 19.1 Å². The summed E-state index contributed by atoms with van der Waals surface area (Å²) in [4.78, 5) is 69.3. The van der Waals surface area contributed by atoms with Crippen molar-refractivity contribution in [2.75, 3.05) is 74.6 Å². The van der Waals surface area contributed by atoms with Crippen molar-refractivity contribution in [1.82, 2.24) is 20.6 Å². The normalized spacial score (nSPS) is 17.8. The van der Waals surface area contributed by atoms with Gasteiger partial charge in [-0.2, -0.15) is 5.10 Å². The second kappa shape index (κ2) is 19.4. The SMILES string of the molecule is C=CC(=O)Nc1c(C(=O)NCC2C(=O)N=C(C)C=C2CCC)cc(-c2ccc(N3CCN(C)CC3)nc2)cc1N(CCC(=O)NN=C(C)C)C1CCOCC1. The second-order valence-electron chi connectivity index (χ2n) is 14.5. The van der Waals surface area contributed by atoms with Gasteiger partial charge in [-0.3, -0.25) is 19.2 Å². The zero-order valence-electron chi connectivity index (χ0n) is 32.8. The second-order valence-corrected chi connectivity index (χ2v) is 14.5. The van der Waals surface area contributed by atoms with E-state index in [0.717, 1.165) is 55.6 Å². The Morgan fingerprint density at radius 1 is 1.09 bits per heavy atom. The molecule has 14 nitrogen and oxygen atoms in total. The van der Waals surface area contributed by atoms with Gasteiger partial charge in [-0.05, 0) is 89.1 Å². The number of hydrogen-bond acceptors (Lipinski definition) is 10. The molecule has 5 rings (SSSR count). The van der Waals surface area contributed by atoms with E-state index in [0.29, 0.717) is 55.2 Å². The van der Waals surface area contributed by atoms with Crippen LogP contribution in [0.4, 0.5) is 17.2 Å². The maximum absolute atomic E-state index is 14.5. The van der Waals surface area contributed by atoms with Gasteiger partial charge >= 0.3 is 0 Å². The first kappa shape index (κ1) is 41.0. The van der Waals surface area contributed by atoms with E-state index in [1.807, 2.05) is 31.2 Å². The van der Waals surface area contributed by atoms with Crippen molar-refractivity contribution >= 4 is 52.2 Å². The number of carbonyl (C=O) groups is 4. The fourth-order valence-corrected chi connectivity index (χ4v) is 7.09. The fraction of sp³-hybridized carbons (Fsp3) is 0.488. The average molecular weight is 754 g/mol. The van der Waals surface area contributed by atoms with E-state index in [1.54, 1.807) is 33.0 Å². The van der Waals surface area contributed by atoms with Crippen molar-refractivity contribution in [2.24, 2.45) is 16.0 Å². The van der Waals surface area contributed by atoms with Crippen LogP contribution in [-0.4, -0.2) is 111 Å². The van der Waals surface area contributed by atoms with E-state index in [4.69, 9.17) is 9.72 Å². The molecule has 4 heterocycles. The summed E-state index contributed by atoms with van der Waals surface area (Å²) >= 11 is 0. The molecular formula is C41H55N9O5. The highest BCUT2D eigenvalue weighted by atomic mass is 16.5. The summed E-state index contributed by atoms with van der Waals surface area (Å²) in [5, 5.41) is 10.0. The third kappa shape index (κ3) is 10.9. The third-order valence-electron chi connectivity index (χ3n) is 10.1. The minimum absolute atomic E-state index is 0.0389. The highest BCUT2D eigenvalue weighted by Gasteiger charge is 2.30. The van der Waals surface area contributed by atoms with Crippen LogP contribution in [0.25, 0.3) is 11.1 Å². The van der Waals surface area contributed by atoms with Crippen LogP contribution in [0, 0.1) is 5.92 Å². The molecule has 294 valence electrons. The Balaban J connectivity index is 1.59. The number of dihydropyridines is 1. The highest BCUT2D eigenvalue weighted by Crippen LogP contribution is 2.38. The van der Waals surface area contributed by atoms with Crippen LogP contribution >= 0.6 is 0 Å². The molecule has 3 N–H and O–H groups in total. The molecule has 0 spiro atoms. The number of allylic oxidation sites excluding steroid dienone is 1. The van der Waals surface area contributed by atoms with Gasteiger partial charge in [0.05, 0.1) is 22.9 Å². The smallest absolute Gasteiger partial charge is 0.254 e. The molecular weight excluding hydrogens is 699 g/mol. The van der Waals surface area contributed by atoms with Gasteiger partial charge in [0.15, 0.2) is 0 Å². The Morgan fingerprint density at radius 3 is 2.49 bits per heavy atom. The molecule has 2 saturated heterocycles. The fourth-order valence-electron chi connectivity index (χ4n) is 7.09. The largest absolute Gasteiger partial charge is 0.381 e. The maximum Gasteiger partial charge on any atom is 0.254 e. The number of ether oxygens (including phenoxy) is 1. The number of hydrogen-bond donors (Lipinski definition) is 3. The molecule has 3 aliphatic heterocycles. The van der Waals surface area contributed by atoms with Crippen molar-refractivity contribution in [2.45, 2.75) is 65.8 Å². The molecule has 4 amide bonds. The van der Waals surface area contributed by atoms with Crippen molar-refractivity contribution in [3.05, 3.63) is 60.3 Å². The van der Waals surface area contributed by atoms with Crippen LogP contribution in [0.5, 0.6) is 0 Å². The topological polar surface area (TPSA) is 161 Å². The number of amides is 4. The average Bonchev–Trinajstić information content (AvgIpc) is 3.18. The van der Waals surface area contributed by atoms with Crippen LogP contribution in [0.3, 0.4) is 0 Å². The Labute approximate surface area is 324 Å². The van der Waals surface area contributed by atoms with Crippen molar-refractivity contribution < 1.29 is 23.9 Å². The monoisotopic (exact) mass is 753 g/mol. The summed E-state index contributed by atoms with van der Waals surface area (Å²) in [7, 11) is 2.11. The van der Waals surface area contributed by atoms with E-state index < -0.39 is 17.7 Å². The Bertz CT molecular complexity index is 1820. The highest BCUT2D eigenvalue weighted by molar-refractivity contribution is 6.11. The number of nitrogens with zero attached hydrogens (tertiary/aromatic N) is 6. The molecule has 1 unspecified atom stereocenters. The van der Waals surface area contributed by atoms with Gasteiger partial charge < -0.3 is 30.1 Å². The number of pyridine rings is 1. The Kier molecular flexibility index (Phi) is 14.4. The predicted molar refractivity (Wildman–Crippen MR) is 218 cm³/mol. The summed E-state index contributed by atoms with van der Waals surface area (Å²) in [5.74, 6) is -1.26. The number of anilines is 3. The molecule has 3 aliphatic rings. The van der Waals surface area contributed by atoms with Crippen LogP contribution in [0.15, 0.2) is 64.9 Å². The maximum atomic E-state index is 14.5. The first-order valence-corrected chi connectivity index (χ1v) is 19.2. The predicted octanol–water partition coefficient (Wildman–Crippen LogP) is 4.59. The van der Waals surface area contributed by atoms with E-state index in [9.17, 15) is 19.2 Å². The van der Waals surface area contributed by atoms with Gasteiger partial charge in [-0.15, -0.1) is 0 Å². The molecule has 1 aromatic heterocycles. The number of likely N-dealkylation sites (N-methyl/N-ethyl adjacent to an activating group) is 1. The Morgan fingerprint density at radius 2 is 1.84 bits per heavy atom.